The van der Waals surface area contributed by atoms with Crippen LogP contribution < -0.4 is 5.32 Å². The first-order valence-electron chi connectivity index (χ1n) is 9.16. The second kappa shape index (κ2) is 7.94. The van der Waals surface area contributed by atoms with Crippen LogP contribution in [0.3, 0.4) is 0 Å². The molecule has 1 atom stereocenters. The van der Waals surface area contributed by atoms with Crippen LogP contribution in [-0.2, 0) is 17.3 Å². The fraction of sp³-hybridized carbons (Fsp3) is 0.476. The Kier molecular flexibility index (Phi) is 6.08. The molecule has 6 nitrogen and oxygen atoms in total. The van der Waals surface area contributed by atoms with Crippen LogP contribution in [-0.4, -0.2) is 26.8 Å². The Labute approximate surface area is 160 Å². The summed E-state index contributed by atoms with van der Waals surface area (Å²) in [5.41, 5.74) is 3.17. The van der Waals surface area contributed by atoms with E-state index in [4.69, 9.17) is 0 Å². The Hall–Kier alpha value is -2.63. The van der Waals surface area contributed by atoms with Crippen molar-refractivity contribution >= 4 is 11.9 Å². The quantitative estimate of drug-likeness (QED) is 0.809. The van der Waals surface area contributed by atoms with Gasteiger partial charge in [0.2, 0.25) is 0 Å². The molecule has 0 spiro atoms. The number of aryl methyl sites for hydroxylation is 1. The first-order valence-corrected chi connectivity index (χ1v) is 9.16. The van der Waals surface area contributed by atoms with E-state index >= 15 is 0 Å². The van der Waals surface area contributed by atoms with E-state index in [9.17, 15) is 14.7 Å². The van der Waals surface area contributed by atoms with E-state index in [1.807, 2.05) is 38.1 Å². The highest BCUT2D eigenvalue weighted by Gasteiger charge is 2.22. The molecule has 2 rings (SSSR count). The molecule has 0 saturated heterocycles. The molecule has 0 fully saturated rings. The van der Waals surface area contributed by atoms with Crippen LogP contribution >= 0.6 is 0 Å². The van der Waals surface area contributed by atoms with Crippen LogP contribution in [0.1, 0.15) is 80.3 Å². The predicted molar refractivity (Wildman–Crippen MR) is 105 cm³/mol. The molecule has 146 valence electrons. The Balaban J connectivity index is 2.26. The van der Waals surface area contributed by atoms with Crippen molar-refractivity contribution in [2.45, 2.75) is 58.4 Å². The number of nitrogens with one attached hydrogen (secondary N) is 1. The minimum atomic E-state index is -0.965. The predicted octanol–water partition coefficient (Wildman–Crippen LogP) is 3.79. The summed E-state index contributed by atoms with van der Waals surface area (Å²) in [4.78, 5) is 24.0. The number of benzene rings is 1. The summed E-state index contributed by atoms with van der Waals surface area (Å²) in [7, 11) is 1.71. The van der Waals surface area contributed by atoms with Gasteiger partial charge in [-0.15, -0.1) is 0 Å². The highest BCUT2D eigenvalue weighted by atomic mass is 16.4. The third kappa shape index (κ3) is 5.18. The summed E-state index contributed by atoms with van der Waals surface area (Å²) in [5.74, 6) is -1.09. The molecule has 0 aliphatic heterocycles. The molecule has 0 bridgehead atoms. The summed E-state index contributed by atoms with van der Waals surface area (Å²) in [6.45, 7) is 10.4. The van der Waals surface area contributed by atoms with Crippen molar-refractivity contribution in [1.82, 2.24) is 15.1 Å². The lowest BCUT2D eigenvalue weighted by molar-refractivity contribution is -0.137. The number of carboxylic acid groups (broad SMARTS) is 1. The Morgan fingerprint density at radius 1 is 1.19 bits per heavy atom. The van der Waals surface area contributed by atoms with Gasteiger partial charge in [0.1, 0.15) is 5.69 Å². The highest BCUT2D eigenvalue weighted by Crippen LogP contribution is 2.25. The number of nitrogens with zero attached hydrogens (tertiary/aromatic N) is 2. The first-order chi connectivity index (χ1) is 12.5. The third-order valence-corrected chi connectivity index (χ3v) is 4.59. The second-order valence-corrected chi connectivity index (χ2v) is 8.23. The SMILES string of the molecule is CC(C)c1cc(C(=O)NC(CC(=O)O)c2ccc(C(C)(C)C)cc2)n(C)n1. The van der Waals surface area contributed by atoms with E-state index in [-0.39, 0.29) is 23.7 Å². The van der Waals surface area contributed by atoms with Crippen molar-refractivity contribution in [2.75, 3.05) is 0 Å². The minimum Gasteiger partial charge on any atom is -0.481 e. The topological polar surface area (TPSA) is 84.2 Å². The van der Waals surface area contributed by atoms with Gasteiger partial charge >= 0.3 is 5.97 Å². The number of carboxylic acids is 1. The fourth-order valence-corrected chi connectivity index (χ4v) is 2.86. The lowest BCUT2D eigenvalue weighted by Gasteiger charge is -2.22. The van der Waals surface area contributed by atoms with Gasteiger partial charge in [-0.3, -0.25) is 14.3 Å². The highest BCUT2D eigenvalue weighted by molar-refractivity contribution is 5.93. The number of carbonyl (C=O) groups excluding carboxylic acids is 1. The molecule has 2 aromatic rings. The van der Waals surface area contributed by atoms with Crippen molar-refractivity contribution in [2.24, 2.45) is 7.05 Å². The van der Waals surface area contributed by atoms with Gasteiger partial charge in [-0.2, -0.15) is 5.10 Å². The number of hydrogen-bond acceptors (Lipinski definition) is 3. The number of aromatic nitrogens is 2. The van der Waals surface area contributed by atoms with Gasteiger partial charge in [0.25, 0.3) is 5.91 Å². The van der Waals surface area contributed by atoms with Gasteiger partial charge in [-0.05, 0) is 28.5 Å². The van der Waals surface area contributed by atoms with Crippen LogP contribution in [0, 0.1) is 0 Å². The molecular weight excluding hydrogens is 342 g/mol. The van der Waals surface area contributed by atoms with Crippen molar-refractivity contribution in [3.8, 4) is 0 Å². The molecule has 0 aliphatic rings. The van der Waals surface area contributed by atoms with Gasteiger partial charge in [-0.1, -0.05) is 58.9 Å². The molecule has 1 unspecified atom stereocenters. The average Bonchev–Trinajstić information content (AvgIpc) is 2.95. The van der Waals surface area contributed by atoms with Crippen molar-refractivity contribution in [3.63, 3.8) is 0 Å². The van der Waals surface area contributed by atoms with Crippen LogP contribution in [0.5, 0.6) is 0 Å². The van der Waals surface area contributed by atoms with Crippen LogP contribution in [0.15, 0.2) is 30.3 Å². The maximum atomic E-state index is 12.7. The van der Waals surface area contributed by atoms with Crippen molar-refractivity contribution < 1.29 is 14.7 Å². The first kappa shape index (κ1) is 20.7. The number of rotatable bonds is 6. The summed E-state index contributed by atoms with van der Waals surface area (Å²) < 4.78 is 1.53. The lowest BCUT2D eigenvalue weighted by Crippen LogP contribution is -2.31. The van der Waals surface area contributed by atoms with Crippen LogP contribution in [0.2, 0.25) is 0 Å². The van der Waals surface area contributed by atoms with E-state index < -0.39 is 12.0 Å². The molecule has 2 N–H and O–H groups in total. The number of carbonyl (C=O) groups is 2. The Morgan fingerprint density at radius 3 is 2.22 bits per heavy atom. The summed E-state index contributed by atoms with van der Waals surface area (Å²) >= 11 is 0. The van der Waals surface area contributed by atoms with Gasteiger partial charge < -0.3 is 10.4 Å². The molecule has 0 aliphatic carbocycles. The standard InChI is InChI=1S/C21H29N3O3/c1-13(2)16-11-18(24(6)23-16)20(27)22-17(12-19(25)26)14-7-9-15(10-8-14)21(3,4)5/h7-11,13,17H,12H2,1-6H3,(H,22,27)(H,25,26). The lowest BCUT2D eigenvalue weighted by atomic mass is 9.86. The summed E-state index contributed by atoms with van der Waals surface area (Å²) in [5, 5.41) is 16.5. The van der Waals surface area contributed by atoms with E-state index in [2.05, 4.69) is 31.2 Å². The molecule has 27 heavy (non-hydrogen) atoms. The van der Waals surface area contributed by atoms with E-state index in [1.54, 1.807) is 13.1 Å². The molecule has 1 aromatic heterocycles. The van der Waals surface area contributed by atoms with E-state index in [1.165, 1.54) is 4.68 Å². The van der Waals surface area contributed by atoms with E-state index in [0.29, 0.717) is 5.69 Å². The van der Waals surface area contributed by atoms with Gasteiger partial charge in [0.15, 0.2) is 0 Å². The van der Waals surface area contributed by atoms with Crippen molar-refractivity contribution in [3.05, 3.63) is 52.8 Å². The molecule has 0 radical (unpaired) electrons. The maximum absolute atomic E-state index is 12.7. The normalized spacial score (nSPS) is 12.9. The van der Waals surface area contributed by atoms with Crippen molar-refractivity contribution in [1.29, 1.82) is 0 Å². The number of amides is 1. The maximum Gasteiger partial charge on any atom is 0.305 e. The molecule has 1 heterocycles. The molecular formula is C21H29N3O3. The van der Waals surface area contributed by atoms with Crippen LogP contribution in [0.4, 0.5) is 0 Å². The summed E-state index contributed by atoms with van der Waals surface area (Å²) in [6, 6.07) is 8.88. The zero-order valence-electron chi connectivity index (χ0n) is 16.9. The third-order valence-electron chi connectivity index (χ3n) is 4.59. The zero-order chi connectivity index (χ0) is 20.4. The largest absolute Gasteiger partial charge is 0.481 e. The average molecular weight is 371 g/mol. The number of aliphatic carboxylic acids is 1. The van der Waals surface area contributed by atoms with Gasteiger partial charge in [-0.25, -0.2) is 0 Å². The van der Waals surface area contributed by atoms with Gasteiger partial charge in [0.05, 0.1) is 18.2 Å². The zero-order valence-corrected chi connectivity index (χ0v) is 16.9. The fourth-order valence-electron chi connectivity index (χ4n) is 2.86. The van der Waals surface area contributed by atoms with Crippen LogP contribution in [0.25, 0.3) is 0 Å². The monoisotopic (exact) mass is 371 g/mol. The number of hydrogen-bond donors (Lipinski definition) is 2. The molecule has 6 heteroatoms. The Bertz CT molecular complexity index is 814. The molecule has 0 saturated carbocycles. The smallest absolute Gasteiger partial charge is 0.305 e. The van der Waals surface area contributed by atoms with E-state index in [0.717, 1.165) is 16.8 Å². The van der Waals surface area contributed by atoms with Gasteiger partial charge in [0, 0.05) is 7.05 Å². The second-order valence-electron chi connectivity index (χ2n) is 8.23. The summed E-state index contributed by atoms with van der Waals surface area (Å²) in [6.07, 6.45) is -0.185. The molecule has 1 aromatic carbocycles. The minimum absolute atomic E-state index is 0.00598. The Morgan fingerprint density at radius 2 is 1.78 bits per heavy atom. The molecule has 1 amide bonds.